The predicted octanol–water partition coefficient (Wildman–Crippen LogP) is 2.01. The third-order valence-electron chi connectivity index (χ3n) is 4.36. The minimum Gasteiger partial charge on any atom is -0.384 e. The number of nitrogens with zero attached hydrogens (tertiary/aromatic N) is 1. The third-order valence-corrected chi connectivity index (χ3v) is 7.02. The molecule has 1 N–H and O–H groups in total. The van der Waals surface area contributed by atoms with Gasteiger partial charge < -0.3 is 5.11 Å². The first-order valence-corrected chi connectivity index (χ1v) is 7.54. The van der Waals surface area contributed by atoms with Gasteiger partial charge in [-0.2, -0.15) is 0 Å². The van der Waals surface area contributed by atoms with E-state index in [-0.39, 0.29) is 4.90 Å². The molecule has 0 amide bonds. The number of fused-ring (bicyclic) bond motifs is 2. The Morgan fingerprint density at radius 1 is 1.21 bits per heavy atom. The fourth-order valence-corrected chi connectivity index (χ4v) is 4.58. The average Bonchev–Trinajstić information content (AvgIpc) is 2.45. The van der Waals surface area contributed by atoms with Gasteiger partial charge in [-0.15, -0.1) is 0 Å². The monoisotopic (exact) mass is 277 g/mol. The largest absolute Gasteiger partial charge is 0.384 e. The lowest BCUT2D eigenvalue weighted by Gasteiger charge is -2.31. The van der Waals surface area contributed by atoms with Crippen LogP contribution < -0.4 is 0 Å². The molecule has 1 aliphatic rings. The lowest BCUT2D eigenvalue weighted by molar-refractivity contribution is 0.0265. The fraction of sp³-hybridized carbons (Fsp3) is 0.357. The Balaban J connectivity index is 2.49. The SMILES string of the molecule is CC1(O)c2cc3ncccc3cc2S(=O)(=O)C1(C)C. The highest BCUT2D eigenvalue weighted by atomic mass is 32.2. The van der Waals surface area contributed by atoms with E-state index in [2.05, 4.69) is 4.98 Å². The van der Waals surface area contributed by atoms with Gasteiger partial charge in [0.2, 0.25) is 0 Å². The molecule has 2 heterocycles. The summed E-state index contributed by atoms with van der Waals surface area (Å²) < 4.78 is 23.9. The Morgan fingerprint density at radius 2 is 1.89 bits per heavy atom. The number of rotatable bonds is 0. The smallest absolute Gasteiger partial charge is 0.187 e. The van der Waals surface area contributed by atoms with Crippen LogP contribution in [0.15, 0.2) is 35.4 Å². The van der Waals surface area contributed by atoms with Crippen LogP contribution >= 0.6 is 0 Å². The van der Waals surface area contributed by atoms with Crippen LogP contribution in [0.25, 0.3) is 10.9 Å². The Morgan fingerprint density at radius 3 is 2.58 bits per heavy atom. The molecule has 100 valence electrons. The van der Waals surface area contributed by atoms with Crippen molar-refractivity contribution in [3.05, 3.63) is 36.0 Å². The Labute approximate surface area is 112 Å². The molecule has 3 rings (SSSR count). The normalized spacial score (nSPS) is 27.4. The highest BCUT2D eigenvalue weighted by molar-refractivity contribution is 7.93. The molecule has 0 saturated carbocycles. The first-order valence-electron chi connectivity index (χ1n) is 6.06. The molecule has 1 aromatic heterocycles. The summed E-state index contributed by atoms with van der Waals surface area (Å²) in [5.41, 5.74) is -0.300. The zero-order chi connectivity index (χ0) is 14.1. The van der Waals surface area contributed by atoms with E-state index < -0.39 is 20.2 Å². The third kappa shape index (κ3) is 1.32. The van der Waals surface area contributed by atoms with Crippen molar-refractivity contribution in [1.29, 1.82) is 0 Å². The molecule has 5 heteroatoms. The van der Waals surface area contributed by atoms with Crippen LogP contribution in [0.5, 0.6) is 0 Å². The number of aliphatic hydroxyl groups is 1. The van der Waals surface area contributed by atoms with Crippen molar-refractivity contribution in [1.82, 2.24) is 4.98 Å². The summed E-state index contributed by atoms with van der Waals surface area (Å²) in [7, 11) is -3.56. The van der Waals surface area contributed by atoms with E-state index in [0.717, 1.165) is 5.39 Å². The second-order valence-corrected chi connectivity index (χ2v) is 8.10. The van der Waals surface area contributed by atoms with Gasteiger partial charge in [0.15, 0.2) is 9.84 Å². The van der Waals surface area contributed by atoms with E-state index in [1.807, 2.05) is 6.07 Å². The van der Waals surface area contributed by atoms with Gasteiger partial charge >= 0.3 is 0 Å². The zero-order valence-electron chi connectivity index (χ0n) is 11.0. The molecule has 2 aromatic rings. The second-order valence-electron chi connectivity index (χ2n) is 5.63. The first-order chi connectivity index (χ1) is 8.69. The van der Waals surface area contributed by atoms with Crippen molar-refractivity contribution in [2.75, 3.05) is 0 Å². The van der Waals surface area contributed by atoms with Gasteiger partial charge in [0.1, 0.15) is 10.3 Å². The molecule has 0 spiro atoms. The molecule has 0 saturated heterocycles. The van der Waals surface area contributed by atoms with Crippen LogP contribution in [0.2, 0.25) is 0 Å². The summed E-state index contributed by atoms with van der Waals surface area (Å²) in [6.45, 7) is 4.66. The van der Waals surface area contributed by atoms with Crippen LogP contribution in [0.3, 0.4) is 0 Å². The number of sulfone groups is 1. The maximum atomic E-state index is 12.6. The summed E-state index contributed by atoms with van der Waals surface area (Å²) in [5, 5.41) is 11.4. The second kappa shape index (κ2) is 3.35. The number of pyridine rings is 1. The van der Waals surface area contributed by atoms with Crippen molar-refractivity contribution in [2.24, 2.45) is 0 Å². The van der Waals surface area contributed by atoms with Gasteiger partial charge in [-0.05, 0) is 39.0 Å². The summed E-state index contributed by atoms with van der Waals surface area (Å²) >= 11 is 0. The lowest BCUT2D eigenvalue weighted by atomic mass is 9.84. The van der Waals surface area contributed by atoms with E-state index in [0.29, 0.717) is 11.1 Å². The molecule has 0 fully saturated rings. The van der Waals surface area contributed by atoms with Gasteiger partial charge in [-0.25, -0.2) is 8.42 Å². The first kappa shape index (κ1) is 12.6. The Bertz CT molecular complexity index is 791. The van der Waals surface area contributed by atoms with Crippen LogP contribution in [-0.2, 0) is 15.4 Å². The summed E-state index contributed by atoms with van der Waals surface area (Å²) in [6.07, 6.45) is 1.65. The van der Waals surface area contributed by atoms with E-state index in [4.69, 9.17) is 0 Å². The van der Waals surface area contributed by atoms with Crippen molar-refractivity contribution in [3.8, 4) is 0 Å². The number of aromatic nitrogens is 1. The topological polar surface area (TPSA) is 67.3 Å². The molecule has 4 nitrogen and oxygen atoms in total. The number of hydrogen-bond donors (Lipinski definition) is 1. The summed E-state index contributed by atoms with van der Waals surface area (Å²) in [4.78, 5) is 4.42. The molecular formula is C14H15NO3S. The van der Waals surface area contributed by atoms with Gasteiger partial charge in [-0.3, -0.25) is 4.98 Å². The minimum absolute atomic E-state index is 0.211. The predicted molar refractivity (Wildman–Crippen MR) is 72.6 cm³/mol. The Hall–Kier alpha value is -1.46. The van der Waals surface area contributed by atoms with E-state index in [1.165, 1.54) is 0 Å². The maximum Gasteiger partial charge on any atom is 0.187 e. The van der Waals surface area contributed by atoms with Gasteiger partial charge in [0.05, 0.1) is 10.4 Å². The average molecular weight is 277 g/mol. The van der Waals surface area contributed by atoms with Crippen LogP contribution in [0.1, 0.15) is 26.3 Å². The van der Waals surface area contributed by atoms with Crippen molar-refractivity contribution in [3.63, 3.8) is 0 Å². The summed E-state index contributed by atoms with van der Waals surface area (Å²) in [6, 6.07) is 6.87. The molecule has 0 radical (unpaired) electrons. The van der Waals surface area contributed by atoms with E-state index in [1.54, 1.807) is 45.2 Å². The van der Waals surface area contributed by atoms with Crippen molar-refractivity contribution in [2.45, 2.75) is 36.0 Å². The molecule has 0 aliphatic carbocycles. The highest BCUT2D eigenvalue weighted by Gasteiger charge is 2.58. The van der Waals surface area contributed by atoms with Gasteiger partial charge in [0.25, 0.3) is 0 Å². The van der Waals surface area contributed by atoms with E-state index in [9.17, 15) is 13.5 Å². The number of hydrogen-bond acceptors (Lipinski definition) is 4. The zero-order valence-corrected chi connectivity index (χ0v) is 11.8. The minimum atomic E-state index is -3.56. The maximum absolute atomic E-state index is 12.6. The quantitative estimate of drug-likeness (QED) is 0.800. The van der Waals surface area contributed by atoms with Crippen LogP contribution in [0, 0.1) is 0 Å². The molecule has 1 aliphatic heterocycles. The molecule has 19 heavy (non-hydrogen) atoms. The Kier molecular flexibility index (Phi) is 2.21. The van der Waals surface area contributed by atoms with Crippen LogP contribution in [0.4, 0.5) is 0 Å². The molecule has 1 unspecified atom stereocenters. The molecule has 0 bridgehead atoms. The van der Waals surface area contributed by atoms with Crippen molar-refractivity contribution < 1.29 is 13.5 Å². The van der Waals surface area contributed by atoms with Crippen LogP contribution in [-0.4, -0.2) is 23.3 Å². The lowest BCUT2D eigenvalue weighted by Crippen LogP contribution is -2.44. The fourth-order valence-electron chi connectivity index (χ4n) is 2.56. The summed E-state index contributed by atoms with van der Waals surface area (Å²) in [5.74, 6) is 0. The van der Waals surface area contributed by atoms with Crippen molar-refractivity contribution >= 4 is 20.7 Å². The standard InChI is InChI=1S/C14H15NO3S/c1-13(2)14(3,16)10-8-11-9(5-4-6-15-11)7-12(10)19(13,17)18/h4-8,16H,1-3H3. The molecular weight excluding hydrogens is 262 g/mol. The van der Waals surface area contributed by atoms with Gasteiger partial charge in [0, 0.05) is 17.1 Å². The number of benzene rings is 1. The van der Waals surface area contributed by atoms with Gasteiger partial charge in [-0.1, -0.05) is 6.07 Å². The highest BCUT2D eigenvalue weighted by Crippen LogP contribution is 2.51. The molecule has 1 aromatic carbocycles. The van der Waals surface area contributed by atoms with E-state index >= 15 is 0 Å². The molecule has 1 atom stereocenters.